The van der Waals surface area contributed by atoms with Crippen molar-refractivity contribution in [3.8, 4) is 0 Å². The van der Waals surface area contributed by atoms with Crippen molar-refractivity contribution < 1.29 is 9.47 Å². The Bertz CT molecular complexity index is 608. The van der Waals surface area contributed by atoms with Crippen LogP contribution < -0.4 is 15.5 Å². The third kappa shape index (κ3) is 6.77. The van der Waals surface area contributed by atoms with E-state index in [4.69, 9.17) is 14.5 Å². The van der Waals surface area contributed by atoms with E-state index >= 15 is 0 Å². The van der Waals surface area contributed by atoms with E-state index in [1.165, 1.54) is 11.3 Å². The quantitative estimate of drug-likeness (QED) is 0.236. The summed E-state index contributed by atoms with van der Waals surface area (Å²) in [6.07, 6.45) is 3.41. The molecule has 2 atom stereocenters. The van der Waals surface area contributed by atoms with E-state index in [1.807, 2.05) is 0 Å². The van der Waals surface area contributed by atoms with Crippen LogP contribution in [0.15, 0.2) is 29.3 Å². The SMILES string of the molecule is CCNC(=NCC(C)N1CCc2ccccc21)NCCCOC1CCOC1.I. The lowest BCUT2D eigenvalue weighted by Gasteiger charge is -2.26. The topological polar surface area (TPSA) is 58.1 Å². The van der Waals surface area contributed by atoms with Gasteiger partial charge >= 0.3 is 0 Å². The molecule has 0 aliphatic carbocycles. The number of anilines is 1. The first kappa shape index (κ1) is 23.2. The lowest BCUT2D eigenvalue weighted by Crippen LogP contribution is -2.40. The molecule has 28 heavy (non-hydrogen) atoms. The van der Waals surface area contributed by atoms with Gasteiger partial charge in [0.15, 0.2) is 5.96 Å². The molecule has 2 N–H and O–H groups in total. The largest absolute Gasteiger partial charge is 0.379 e. The normalized spacial score (nSPS) is 19.9. The van der Waals surface area contributed by atoms with Crippen LogP contribution in [0.1, 0.15) is 32.3 Å². The molecule has 0 saturated carbocycles. The van der Waals surface area contributed by atoms with E-state index in [-0.39, 0.29) is 30.1 Å². The molecular weight excluding hydrogens is 467 g/mol. The Labute approximate surface area is 186 Å². The van der Waals surface area contributed by atoms with Crippen molar-refractivity contribution in [1.29, 1.82) is 0 Å². The van der Waals surface area contributed by atoms with E-state index in [0.29, 0.717) is 6.04 Å². The third-order valence-electron chi connectivity index (χ3n) is 5.17. The van der Waals surface area contributed by atoms with Crippen LogP contribution >= 0.6 is 24.0 Å². The summed E-state index contributed by atoms with van der Waals surface area (Å²) in [5.74, 6) is 0.890. The monoisotopic (exact) mass is 502 g/mol. The van der Waals surface area contributed by atoms with Gasteiger partial charge in [-0.3, -0.25) is 4.99 Å². The summed E-state index contributed by atoms with van der Waals surface area (Å²) in [6.45, 7) is 10.3. The first-order chi connectivity index (χ1) is 13.3. The highest BCUT2D eigenvalue weighted by atomic mass is 127. The molecule has 2 unspecified atom stereocenters. The highest BCUT2D eigenvalue weighted by Crippen LogP contribution is 2.29. The molecule has 1 aromatic rings. The summed E-state index contributed by atoms with van der Waals surface area (Å²) in [5, 5.41) is 6.76. The van der Waals surface area contributed by atoms with Gasteiger partial charge in [0.05, 0.1) is 19.3 Å². The minimum absolute atomic E-state index is 0. The van der Waals surface area contributed by atoms with E-state index < -0.39 is 0 Å². The molecule has 0 aromatic heterocycles. The van der Waals surface area contributed by atoms with Crippen molar-refractivity contribution in [2.24, 2.45) is 4.99 Å². The standard InChI is InChI=1S/C21H34N4O2.HI/c1-3-22-21(23-11-6-13-27-19-10-14-26-16-19)24-15-17(2)25-12-9-18-7-4-5-8-20(18)25;/h4-5,7-8,17,19H,3,6,9-16H2,1-2H3,(H2,22,23,24);1H. The molecule has 1 fully saturated rings. The molecule has 2 aliphatic heterocycles. The summed E-state index contributed by atoms with van der Waals surface area (Å²) >= 11 is 0. The second-order valence-electron chi connectivity index (χ2n) is 7.28. The summed E-state index contributed by atoms with van der Waals surface area (Å²) in [6, 6.07) is 9.09. The number of guanidine groups is 1. The van der Waals surface area contributed by atoms with Crippen LogP contribution in [0, 0.1) is 0 Å². The Hall–Kier alpha value is -1.06. The summed E-state index contributed by atoms with van der Waals surface area (Å²) in [5.41, 5.74) is 2.82. The lowest BCUT2D eigenvalue weighted by atomic mass is 10.2. The lowest BCUT2D eigenvalue weighted by molar-refractivity contribution is 0.0420. The van der Waals surface area contributed by atoms with Gasteiger partial charge in [0.1, 0.15) is 0 Å². The number of aliphatic imine (C=N–C) groups is 1. The summed E-state index contributed by atoms with van der Waals surface area (Å²) in [7, 11) is 0. The van der Waals surface area contributed by atoms with Gasteiger partial charge in [0.25, 0.3) is 0 Å². The van der Waals surface area contributed by atoms with Gasteiger partial charge in [0.2, 0.25) is 0 Å². The minimum atomic E-state index is 0. The van der Waals surface area contributed by atoms with Crippen LogP contribution in [0.25, 0.3) is 0 Å². The highest BCUT2D eigenvalue weighted by Gasteiger charge is 2.22. The van der Waals surface area contributed by atoms with Crippen molar-refractivity contribution in [2.75, 3.05) is 50.9 Å². The number of nitrogens with one attached hydrogen (secondary N) is 2. The number of fused-ring (bicyclic) bond motifs is 1. The highest BCUT2D eigenvalue weighted by molar-refractivity contribution is 14.0. The first-order valence-electron chi connectivity index (χ1n) is 10.3. The molecule has 3 rings (SSSR count). The Morgan fingerprint density at radius 3 is 3.00 bits per heavy atom. The fourth-order valence-electron chi connectivity index (χ4n) is 3.66. The number of nitrogens with zero attached hydrogens (tertiary/aromatic N) is 2. The average molecular weight is 502 g/mol. The average Bonchev–Trinajstić information content (AvgIpc) is 3.35. The van der Waals surface area contributed by atoms with Crippen molar-refractivity contribution >= 4 is 35.6 Å². The molecule has 0 radical (unpaired) electrons. The van der Waals surface area contributed by atoms with Gasteiger partial charge < -0.3 is 25.0 Å². The van der Waals surface area contributed by atoms with E-state index in [2.05, 4.69) is 53.6 Å². The van der Waals surface area contributed by atoms with Gasteiger partial charge in [-0.15, -0.1) is 24.0 Å². The Morgan fingerprint density at radius 2 is 2.21 bits per heavy atom. The van der Waals surface area contributed by atoms with Crippen LogP contribution in [0.2, 0.25) is 0 Å². The van der Waals surface area contributed by atoms with Gasteiger partial charge in [0, 0.05) is 44.6 Å². The van der Waals surface area contributed by atoms with Gasteiger partial charge in [-0.2, -0.15) is 0 Å². The molecule has 2 aliphatic rings. The zero-order chi connectivity index (χ0) is 18.9. The van der Waals surface area contributed by atoms with E-state index in [0.717, 1.165) is 71.2 Å². The molecule has 0 spiro atoms. The predicted octanol–water partition coefficient (Wildman–Crippen LogP) is 2.81. The third-order valence-corrected chi connectivity index (χ3v) is 5.17. The van der Waals surface area contributed by atoms with Crippen molar-refractivity contribution in [3.63, 3.8) is 0 Å². The van der Waals surface area contributed by atoms with Gasteiger partial charge in [-0.1, -0.05) is 18.2 Å². The molecule has 6 nitrogen and oxygen atoms in total. The molecule has 0 bridgehead atoms. The smallest absolute Gasteiger partial charge is 0.191 e. The molecule has 7 heteroatoms. The van der Waals surface area contributed by atoms with Crippen LogP contribution in [-0.2, 0) is 15.9 Å². The number of para-hydroxylation sites is 1. The Kier molecular flexibility index (Phi) is 10.4. The fraction of sp³-hybridized carbons (Fsp3) is 0.667. The van der Waals surface area contributed by atoms with E-state index in [1.54, 1.807) is 0 Å². The predicted molar refractivity (Wildman–Crippen MR) is 126 cm³/mol. The number of benzene rings is 1. The van der Waals surface area contributed by atoms with Crippen LogP contribution in [0.4, 0.5) is 5.69 Å². The molecule has 1 aromatic carbocycles. The Balaban J connectivity index is 0.00000280. The zero-order valence-electron chi connectivity index (χ0n) is 17.2. The first-order valence-corrected chi connectivity index (χ1v) is 10.3. The maximum atomic E-state index is 5.81. The number of hydrogen-bond acceptors (Lipinski definition) is 4. The van der Waals surface area contributed by atoms with Crippen LogP contribution in [-0.4, -0.2) is 64.1 Å². The summed E-state index contributed by atoms with van der Waals surface area (Å²) < 4.78 is 11.1. The van der Waals surface area contributed by atoms with Crippen molar-refractivity contribution in [3.05, 3.63) is 29.8 Å². The number of ether oxygens (including phenoxy) is 2. The number of halogens is 1. The van der Waals surface area contributed by atoms with Gasteiger partial charge in [-0.25, -0.2) is 0 Å². The van der Waals surface area contributed by atoms with Crippen molar-refractivity contribution in [2.45, 2.75) is 45.3 Å². The fourth-order valence-corrected chi connectivity index (χ4v) is 3.66. The molecule has 1 saturated heterocycles. The summed E-state index contributed by atoms with van der Waals surface area (Å²) in [4.78, 5) is 7.27. The molecular formula is C21H35IN4O2. The van der Waals surface area contributed by atoms with E-state index in [9.17, 15) is 0 Å². The minimum Gasteiger partial charge on any atom is -0.379 e. The molecule has 158 valence electrons. The second kappa shape index (κ2) is 12.5. The maximum Gasteiger partial charge on any atom is 0.191 e. The number of rotatable bonds is 9. The van der Waals surface area contributed by atoms with Crippen LogP contribution in [0.3, 0.4) is 0 Å². The molecule has 0 amide bonds. The number of hydrogen-bond donors (Lipinski definition) is 2. The zero-order valence-corrected chi connectivity index (χ0v) is 19.5. The van der Waals surface area contributed by atoms with Crippen molar-refractivity contribution in [1.82, 2.24) is 10.6 Å². The Morgan fingerprint density at radius 1 is 1.36 bits per heavy atom. The van der Waals surface area contributed by atoms with Crippen LogP contribution in [0.5, 0.6) is 0 Å². The second-order valence-corrected chi connectivity index (χ2v) is 7.28. The maximum absolute atomic E-state index is 5.81. The van der Waals surface area contributed by atoms with Gasteiger partial charge in [-0.05, 0) is 44.7 Å². The molecule has 2 heterocycles.